The summed E-state index contributed by atoms with van der Waals surface area (Å²) in [5, 5.41) is 9.24. The number of halogens is 4. The van der Waals surface area contributed by atoms with Crippen molar-refractivity contribution in [1.29, 1.82) is 0 Å². The number of ether oxygens (including phenoxy) is 2. The fourth-order valence-corrected chi connectivity index (χ4v) is 2.46. The molecule has 0 spiro atoms. The third-order valence-corrected chi connectivity index (χ3v) is 3.92. The van der Waals surface area contributed by atoms with Gasteiger partial charge in [0.15, 0.2) is 5.75 Å². The number of hydrogen-bond donors (Lipinski definition) is 4. The Morgan fingerprint density at radius 3 is 2.59 bits per heavy atom. The number of alkyl halides is 3. The van der Waals surface area contributed by atoms with E-state index in [4.69, 9.17) is 16.3 Å². The summed E-state index contributed by atoms with van der Waals surface area (Å²) < 4.78 is 47.2. The maximum atomic E-state index is 12.7. The van der Waals surface area contributed by atoms with Crippen LogP contribution in [0.2, 0.25) is 5.02 Å². The second-order valence-corrected chi connectivity index (χ2v) is 5.98. The van der Waals surface area contributed by atoms with Gasteiger partial charge in [0.1, 0.15) is 11.8 Å². The van der Waals surface area contributed by atoms with E-state index in [9.17, 15) is 22.8 Å². The molecule has 1 aliphatic rings. The van der Waals surface area contributed by atoms with Crippen molar-refractivity contribution in [3.63, 3.8) is 0 Å². The summed E-state index contributed by atoms with van der Waals surface area (Å²) in [6.07, 6.45) is -6.03. The monoisotopic (exact) mass is 438 g/mol. The molecule has 2 amide bonds. The summed E-state index contributed by atoms with van der Waals surface area (Å²) in [4.78, 5) is 24.7. The third-order valence-electron chi connectivity index (χ3n) is 3.53. The lowest BCUT2D eigenvalue weighted by molar-refractivity contribution is -0.274. The normalized spacial score (nSPS) is 14.7. The predicted octanol–water partition coefficient (Wildman–Crippen LogP) is 1.56. The van der Waals surface area contributed by atoms with Crippen LogP contribution in [0.3, 0.4) is 0 Å². The van der Waals surface area contributed by atoms with Crippen molar-refractivity contribution in [1.82, 2.24) is 21.4 Å². The first-order valence-corrected chi connectivity index (χ1v) is 8.55. The molecule has 1 atom stereocenters. The minimum absolute atomic E-state index is 0.0808. The Morgan fingerprint density at radius 2 is 2.03 bits per heavy atom. The molecule has 1 unspecified atom stereocenters. The van der Waals surface area contributed by atoms with Gasteiger partial charge >= 0.3 is 6.36 Å². The van der Waals surface area contributed by atoms with Crippen LogP contribution in [-0.2, 0) is 9.53 Å². The van der Waals surface area contributed by atoms with Gasteiger partial charge in [-0.2, -0.15) is 0 Å². The zero-order valence-electron chi connectivity index (χ0n) is 15.5. The number of hydrazone groups is 1. The molecule has 0 aromatic heterocycles. The van der Waals surface area contributed by atoms with Crippen molar-refractivity contribution in [2.24, 2.45) is 5.10 Å². The van der Waals surface area contributed by atoms with Crippen LogP contribution in [0.15, 0.2) is 17.2 Å². The predicted molar refractivity (Wildman–Crippen MR) is 96.8 cm³/mol. The van der Waals surface area contributed by atoms with Crippen LogP contribution in [0, 0.1) is 0 Å². The number of anilines is 1. The number of nitrogens with zero attached hydrogens (tertiary/aromatic N) is 2. The molecule has 0 saturated carbocycles. The molecule has 0 radical (unpaired) electrons. The highest BCUT2D eigenvalue weighted by atomic mass is 35.5. The van der Waals surface area contributed by atoms with Gasteiger partial charge in [-0.3, -0.25) is 19.9 Å². The first-order chi connectivity index (χ1) is 13.5. The number of carbonyl (C=O) groups is 2. The van der Waals surface area contributed by atoms with E-state index in [1.54, 1.807) is 14.0 Å². The number of hydrogen-bond acceptors (Lipinski definition) is 8. The third kappa shape index (κ3) is 5.85. The molecule has 160 valence electrons. The number of benzene rings is 1. The fourth-order valence-electron chi connectivity index (χ4n) is 2.17. The summed E-state index contributed by atoms with van der Waals surface area (Å²) >= 11 is 6.14. The molecule has 0 bridgehead atoms. The Kier molecular flexibility index (Phi) is 7.11. The molecular formula is C15H18ClF3N6O4. The summed E-state index contributed by atoms with van der Waals surface area (Å²) in [5.74, 6) is -2.25. The van der Waals surface area contributed by atoms with Gasteiger partial charge in [-0.05, 0) is 26.0 Å². The molecule has 29 heavy (non-hydrogen) atoms. The van der Waals surface area contributed by atoms with E-state index in [1.165, 1.54) is 11.9 Å². The number of nitrogens with one attached hydrogen (secondary N) is 4. The molecule has 1 aliphatic heterocycles. The van der Waals surface area contributed by atoms with E-state index in [-0.39, 0.29) is 18.1 Å². The van der Waals surface area contributed by atoms with E-state index in [0.29, 0.717) is 0 Å². The topological polar surface area (TPSA) is 116 Å². The molecule has 0 fully saturated rings. The van der Waals surface area contributed by atoms with E-state index >= 15 is 0 Å². The Hall–Kier alpha value is -2.77. The lowest BCUT2D eigenvalue weighted by Gasteiger charge is -2.19. The van der Waals surface area contributed by atoms with Gasteiger partial charge in [0, 0.05) is 13.7 Å². The maximum Gasteiger partial charge on any atom is 0.573 e. The van der Waals surface area contributed by atoms with E-state index in [1.807, 2.05) is 0 Å². The van der Waals surface area contributed by atoms with Crippen LogP contribution in [0.4, 0.5) is 18.9 Å². The van der Waals surface area contributed by atoms with Crippen molar-refractivity contribution >= 4 is 35.1 Å². The molecule has 2 rings (SSSR count). The van der Waals surface area contributed by atoms with E-state index in [0.717, 1.165) is 12.1 Å². The van der Waals surface area contributed by atoms with Crippen LogP contribution < -0.4 is 26.4 Å². The van der Waals surface area contributed by atoms with Gasteiger partial charge in [-0.1, -0.05) is 11.6 Å². The van der Waals surface area contributed by atoms with Gasteiger partial charge in [0.25, 0.3) is 11.8 Å². The standard InChI is InChI=1S/C15H18ClF3N6O4/c1-4-28-7(2)12(26)20-11-9(29-15(17,18)19)6-5-8(10(11)16)13(27)21-14-22-23-24-25(14)3/h5-7,23-24H,4H2,1-3H3,(H,20,26)(H,21,22,27). The summed E-state index contributed by atoms with van der Waals surface area (Å²) in [7, 11) is 1.54. The van der Waals surface area contributed by atoms with Crippen molar-refractivity contribution in [3.8, 4) is 5.75 Å². The van der Waals surface area contributed by atoms with Crippen LogP contribution in [0.25, 0.3) is 0 Å². The highest BCUT2D eigenvalue weighted by Gasteiger charge is 2.34. The van der Waals surface area contributed by atoms with Gasteiger partial charge in [0.05, 0.1) is 10.6 Å². The first-order valence-electron chi connectivity index (χ1n) is 8.17. The van der Waals surface area contributed by atoms with Gasteiger partial charge in [-0.15, -0.1) is 23.8 Å². The smallest absolute Gasteiger partial charge is 0.404 e. The van der Waals surface area contributed by atoms with Crippen LogP contribution in [0.5, 0.6) is 5.75 Å². The second-order valence-electron chi connectivity index (χ2n) is 5.61. The molecule has 10 nitrogen and oxygen atoms in total. The average Bonchev–Trinajstić information content (AvgIpc) is 3.01. The molecule has 14 heteroatoms. The molecule has 1 aromatic carbocycles. The first kappa shape index (κ1) is 22.5. The minimum Gasteiger partial charge on any atom is -0.404 e. The summed E-state index contributed by atoms with van der Waals surface area (Å²) in [6.45, 7) is 3.25. The number of carbonyl (C=O) groups excluding carboxylic acids is 2. The number of guanidine groups is 1. The molecule has 0 saturated heterocycles. The second kappa shape index (κ2) is 9.15. The lowest BCUT2D eigenvalue weighted by atomic mass is 10.1. The average molecular weight is 439 g/mol. The Labute approximate surface area is 168 Å². The number of rotatable bonds is 6. The maximum absolute atomic E-state index is 12.7. The van der Waals surface area contributed by atoms with Gasteiger partial charge in [-0.25, -0.2) is 5.53 Å². The van der Waals surface area contributed by atoms with Crippen molar-refractivity contribution in [2.75, 3.05) is 19.0 Å². The quantitative estimate of drug-likeness (QED) is 0.532. The molecule has 1 heterocycles. The van der Waals surface area contributed by atoms with E-state index in [2.05, 4.69) is 31.5 Å². The number of amides is 2. The zero-order chi connectivity index (χ0) is 21.8. The highest BCUT2D eigenvalue weighted by molar-refractivity contribution is 6.37. The molecule has 1 aromatic rings. The van der Waals surface area contributed by atoms with Crippen LogP contribution in [-0.4, -0.2) is 48.9 Å². The van der Waals surface area contributed by atoms with Crippen molar-refractivity contribution < 1.29 is 32.2 Å². The van der Waals surface area contributed by atoms with Gasteiger partial charge < -0.3 is 14.8 Å². The lowest BCUT2D eigenvalue weighted by Crippen LogP contribution is -2.45. The number of hydrazine groups is 2. The molecular weight excluding hydrogens is 421 g/mol. The summed E-state index contributed by atoms with van der Waals surface area (Å²) in [6, 6.07) is 1.89. The van der Waals surface area contributed by atoms with Crippen LogP contribution in [0.1, 0.15) is 24.2 Å². The van der Waals surface area contributed by atoms with E-state index < -0.39 is 40.7 Å². The largest absolute Gasteiger partial charge is 0.573 e. The summed E-state index contributed by atoms with van der Waals surface area (Å²) in [5.41, 5.74) is 4.20. The van der Waals surface area contributed by atoms with Gasteiger partial charge in [0.2, 0.25) is 5.96 Å². The Balaban J connectivity index is 2.36. The fraction of sp³-hybridized carbons (Fsp3) is 0.400. The van der Waals surface area contributed by atoms with Crippen molar-refractivity contribution in [2.45, 2.75) is 26.3 Å². The zero-order valence-corrected chi connectivity index (χ0v) is 16.2. The Morgan fingerprint density at radius 1 is 1.34 bits per heavy atom. The van der Waals surface area contributed by atoms with Crippen LogP contribution >= 0.6 is 11.6 Å². The Bertz CT molecular complexity index is 820. The minimum atomic E-state index is -5.04. The van der Waals surface area contributed by atoms with Crippen molar-refractivity contribution in [3.05, 3.63) is 22.7 Å². The molecule has 0 aliphatic carbocycles. The SMILES string of the molecule is CCOC(C)C(=O)Nc1c(OC(F)(F)F)ccc(C(=O)NC2=NNNN2C)c1Cl. The molecule has 4 N–H and O–H groups in total. The highest BCUT2D eigenvalue weighted by Crippen LogP contribution is 2.38.